The van der Waals surface area contributed by atoms with Gasteiger partial charge in [-0.15, -0.1) is 5.56 Å². The molecule has 0 fully saturated rings. The van der Waals surface area contributed by atoms with Crippen molar-refractivity contribution in [2.75, 3.05) is 0 Å². The van der Waals surface area contributed by atoms with E-state index in [-0.39, 0.29) is 27.5 Å². The average molecular weight is 333 g/mol. The van der Waals surface area contributed by atoms with Gasteiger partial charge < -0.3 is 5.11 Å². The van der Waals surface area contributed by atoms with Crippen LogP contribution in [-0.4, -0.2) is 11.1 Å². The molecule has 0 saturated carbocycles. The number of carbonyl (C=O) groups is 1. The summed E-state index contributed by atoms with van der Waals surface area (Å²) >= 11 is 0. The number of carboxylic acid groups (broad SMARTS) is 1. The topological polar surface area (TPSA) is 37.3 Å². The van der Waals surface area contributed by atoms with Crippen molar-refractivity contribution >= 4 is 5.97 Å². The molecular formula is C9H9O2W-. The van der Waals surface area contributed by atoms with E-state index in [2.05, 4.69) is 6.07 Å². The first kappa shape index (κ1) is 11.4. The molecule has 0 aliphatic rings. The van der Waals surface area contributed by atoms with Crippen LogP contribution in [0.1, 0.15) is 11.1 Å². The minimum absolute atomic E-state index is 0. The Morgan fingerprint density at radius 3 is 2.83 bits per heavy atom. The van der Waals surface area contributed by atoms with E-state index in [9.17, 15) is 4.79 Å². The molecule has 1 aromatic carbocycles. The van der Waals surface area contributed by atoms with Crippen molar-refractivity contribution in [2.24, 2.45) is 0 Å². The predicted octanol–water partition coefficient (Wildman–Crippen LogP) is 1.42. The van der Waals surface area contributed by atoms with Crippen molar-refractivity contribution in [3.05, 3.63) is 35.4 Å². The SMILES string of the molecule is Cc1ccc[c-]c1CC(=O)O.[W]. The molecule has 0 aliphatic heterocycles. The molecule has 1 N–H and O–H groups in total. The molecule has 1 rings (SSSR count). The number of rotatable bonds is 2. The summed E-state index contributed by atoms with van der Waals surface area (Å²) in [5.74, 6) is -0.810. The van der Waals surface area contributed by atoms with Crippen LogP contribution in [0.15, 0.2) is 18.2 Å². The van der Waals surface area contributed by atoms with Gasteiger partial charge >= 0.3 is 5.97 Å². The maximum Gasteiger partial charge on any atom is 0.305 e. The predicted molar refractivity (Wildman–Crippen MR) is 41.4 cm³/mol. The van der Waals surface area contributed by atoms with Gasteiger partial charge in [0.15, 0.2) is 0 Å². The van der Waals surface area contributed by atoms with Crippen molar-refractivity contribution in [1.29, 1.82) is 0 Å². The molecule has 0 bridgehead atoms. The van der Waals surface area contributed by atoms with Crippen LogP contribution in [0.5, 0.6) is 0 Å². The molecule has 0 heterocycles. The summed E-state index contributed by atoms with van der Waals surface area (Å²) < 4.78 is 0. The summed E-state index contributed by atoms with van der Waals surface area (Å²) in [6.45, 7) is 1.88. The maximum atomic E-state index is 10.3. The van der Waals surface area contributed by atoms with Gasteiger partial charge in [0.05, 0.1) is 0 Å². The van der Waals surface area contributed by atoms with Crippen LogP contribution in [-0.2, 0) is 32.3 Å². The maximum absolute atomic E-state index is 10.3. The number of hydrogen-bond acceptors (Lipinski definition) is 1. The Balaban J connectivity index is 0.00000121. The summed E-state index contributed by atoms with van der Waals surface area (Å²) in [4.78, 5) is 10.3. The van der Waals surface area contributed by atoms with Crippen LogP contribution < -0.4 is 0 Å². The second-order valence-electron chi connectivity index (χ2n) is 2.40. The third-order valence-electron chi connectivity index (χ3n) is 1.50. The average Bonchev–Trinajstić information content (AvgIpc) is 1.93. The van der Waals surface area contributed by atoms with Crippen molar-refractivity contribution < 1.29 is 31.0 Å². The molecule has 0 saturated heterocycles. The quantitative estimate of drug-likeness (QED) is 0.832. The van der Waals surface area contributed by atoms with Crippen molar-refractivity contribution in [3.63, 3.8) is 0 Å². The standard InChI is InChI=1S/C9H9O2.W/c1-7-4-2-3-5-8(7)6-9(10)11;/h2-4H,6H2,1H3,(H,10,11);/q-1;. The third-order valence-corrected chi connectivity index (χ3v) is 1.50. The molecule has 0 spiro atoms. The van der Waals surface area contributed by atoms with Gasteiger partial charge in [0.25, 0.3) is 0 Å². The Hall–Kier alpha value is -0.622. The van der Waals surface area contributed by atoms with Gasteiger partial charge in [-0.3, -0.25) is 4.79 Å². The first-order valence-corrected chi connectivity index (χ1v) is 3.38. The molecule has 0 unspecified atom stereocenters. The van der Waals surface area contributed by atoms with E-state index in [1.165, 1.54) is 0 Å². The van der Waals surface area contributed by atoms with E-state index >= 15 is 0 Å². The van der Waals surface area contributed by atoms with Crippen LogP contribution in [0.25, 0.3) is 0 Å². The summed E-state index contributed by atoms with van der Waals surface area (Å²) in [7, 11) is 0. The third kappa shape index (κ3) is 3.18. The number of hydrogen-bond donors (Lipinski definition) is 1. The summed E-state index contributed by atoms with van der Waals surface area (Å²) in [5, 5.41) is 8.47. The largest absolute Gasteiger partial charge is 0.481 e. The van der Waals surface area contributed by atoms with Gasteiger partial charge in [-0.25, -0.2) is 0 Å². The van der Waals surface area contributed by atoms with E-state index in [0.29, 0.717) is 0 Å². The Labute approximate surface area is 85.9 Å². The van der Waals surface area contributed by atoms with Crippen LogP contribution >= 0.6 is 0 Å². The van der Waals surface area contributed by atoms with Gasteiger partial charge in [-0.05, 0) is 0 Å². The van der Waals surface area contributed by atoms with E-state index in [1.807, 2.05) is 19.1 Å². The Bertz CT molecular complexity index is 271. The van der Waals surface area contributed by atoms with Crippen LogP contribution in [0.2, 0.25) is 0 Å². The second kappa shape index (κ2) is 5.10. The van der Waals surface area contributed by atoms with Crippen LogP contribution in [0.4, 0.5) is 0 Å². The van der Waals surface area contributed by atoms with Gasteiger partial charge in [0, 0.05) is 27.5 Å². The smallest absolute Gasteiger partial charge is 0.305 e. The molecule has 64 valence electrons. The van der Waals surface area contributed by atoms with Gasteiger partial charge in [0.2, 0.25) is 0 Å². The monoisotopic (exact) mass is 333 g/mol. The first-order chi connectivity index (χ1) is 5.20. The van der Waals surface area contributed by atoms with Gasteiger partial charge in [-0.1, -0.05) is 6.92 Å². The van der Waals surface area contributed by atoms with E-state index in [1.54, 1.807) is 6.07 Å². The minimum atomic E-state index is -0.810. The molecule has 0 radical (unpaired) electrons. The fraction of sp³-hybridized carbons (Fsp3) is 0.222. The summed E-state index contributed by atoms with van der Waals surface area (Å²) in [5.41, 5.74) is 1.75. The first-order valence-electron chi connectivity index (χ1n) is 3.38. The molecule has 0 aliphatic carbocycles. The van der Waals surface area contributed by atoms with E-state index in [4.69, 9.17) is 5.11 Å². The summed E-state index contributed by atoms with van der Waals surface area (Å²) in [6.07, 6.45) is 0.0622. The minimum Gasteiger partial charge on any atom is -0.481 e. The number of benzene rings is 1. The molecule has 3 heteroatoms. The van der Waals surface area contributed by atoms with Gasteiger partial charge in [-0.2, -0.15) is 29.8 Å². The number of aliphatic carboxylic acids is 1. The second-order valence-corrected chi connectivity index (χ2v) is 2.40. The van der Waals surface area contributed by atoms with E-state index in [0.717, 1.165) is 11.1 Å². The van der Waals surface area contributed by atoms with Crippen LogP contribution in [0, 0.1) is 13.0 Å². The summed E-state index contributed by atoms with van der Waals surface area (Å²) in [6, 6.07) is 8.35. The van der Waals surface area contributed by atoms with Crippen molar-refractivity contribution in [3.8, 4) is 0 Å². The molecule has 12 heavy (non-hydrogen) atoms. The van der Waals surface area contributed by atoms with Crippen molar-refractivity contribution in [2.45, 2.75) is 13.3 Å². The molecule has 0 aromatic heterocycles. The zero-order valence-corrected chi connectivity index (χ0v) is 9.64. The fourth-order valence-electron chi connectivity index (χ4n) is 0.897. The Morgan fingerprint density at radius 2 is 2.33 bits per heavy atom. The normalized spacial score (nSPS) is 8.75. The Kier molecular flexibility index (Phi) is 4.84. The van der Waals surface area contributed by atoms with Crippen molar-refractivity contribution in [1.82, 2.24) is 0 Å². The number of aryl methyl sites for hydroxylation is 1. The van der Waals surface area contributed by atoms with Crippen LogP contribution in [0.3, 0.4) is 0 Å². The molecule has 1 aromatic rings. The zero-order valence-electron chi connectivity index (χ0n) is 6.70. The van der Waals surface area contributed by atoms with E-state index < -0.39 is 5.97 Å². The van der Waals surface area contributed by atoms with Gasteiger partial charge in [0.1, 0.15) is 0 Å². The molecule has 0 amide bonds. The zero-order chi connectivity index (χ0) is 8.27. The molecule has 0 atom stereocenters. The fourth-order valence-corrected chi connectivity index (χ4v) is 0.897. The number of carboxylic acids is 1. The molecule has 2 nitrogen and oxygen atoms in total. The molecular weight excluding hydrogens is 324 g/mol. The Morgan fingerprint density at radius 1 is 1.67 bits per heavy atom.